The monoisotopic (exact) mass is 326 g/mol. The fraction of sp³-hybridized carbons (Fsp3) is 0.562. The van der Waals surface area contributed by atoms with Crippen LogP contribution in [0.2, 0.25) is 0 Å². The molecule has 5 nitrogen and oxygen atoms in total. The van der Waals surface area contributed by atoms with Crippen molar-refractivity contribution in [1.82, 2.24) is 0 Å². The molecule has 0 unspecified atom stereocenters. The molecule has 0 aliphatic carbocycles. The zero-order chi connectivity index (χ0) is 17.0. The van der Waals surface area contributed by atoms with E-state index in [4.69, 9.17) is 5.14 Å². The first kappa shape index (κ1) is 18.6. The summed E-state index contributed by atoms with van der Waals surface area (Å²) in [5, 5.41) is 7.95. The van der Waals surface area contributed by atoms with E-state index < -0.39 is 15.4 Å². The first-order valence-electron chi connectivity index (χ1n) is 7.59. The molecule has 1 amide bonds. The second kappa shape index (κ2) is 7.24. The Morgan fingerprint density at radius 3 is 2.05 bits per heavy atom. The molecule has 0 spiro atoms. The number of rotatable bonds is 7. The van der Waals surface area contributed by atoms with E-state index in [2.05, 4.69) is 19.2 Å². The van der Waals surface area contributed by atoms with Gasteiger partial charge in [-0.2, -0.15) is 0 Å². The first-order valence-corrected chi connectivity index (χ1v) is 9.13. The molecular formula is C16H26N2O3S. The SMILES string of the molecule is CCC(CC)(CC(C)C)C(=O)Nc1ccc(S(N)(=O)=O)cc1. The lowest BCUT2D eigenvalue weighted by atomic mass is 9.75. The summed E-state index contributed by atoms with van der Waals surface area (Å²) in [7, 11) is -3.71. The summed E-state index contributed by atoms with van der Waals surface area (Å²) >= 11 is 0. The molecule has 0 fully saturated rings. The molecule has 0 bridgehead atoms. The van der Waals surface area contributed by atoms with Crippen LogP contribution in [0.15, 0.2) is 29.2 Å². The molecule has 1 aromatic rings. The summed E-state index contributed by atoms with van der Waals surface area (Å²) in [6.07, 6.45) is 2.35. The minimum absolute atomic E-state index is 0.0189. The lowest BCUT2D eigenvalue weighted by Crippen LogP contribution is -2.36. The molecule has 124 valence electrons. The van der Waals surface area contributed by atoms with Crippen LogP contribution in [0.1, 0.15) is 47.0 Å². The van der Waals surface area contributed by atoms with Crippen molar-refractivity contribution in [3.8, 4) is 0 Å². The van der Waals surface area contributed by atoms with Crippen molar-refractivity contribution in [2.45, 2.75) is 51.9 Å². The van der Waals surface area contributed by atoms with Gasteiger partial charge in [0.2, 0.25) is 15.9 Å². The van der Waals surface area contributed by atoms with Gasteiger partial charge in [0, 0.05) is 11.1 Å². The third-order valence-corrected chi connectivity index (χ3v) is 5.00. The highest BCUT2D eigenvalue weighted by molar-refractivity contribution is 7.89. The second-order valence-corrected chi connectivity index (χ2v) is 7.67. The van der Waals surface area contributed by atoms with Gasteiger partial charge < -0.3 is 5.32 Å². The number of benzene rings is 1. The van der Waals surface area contributed by atoms with Crippen molar-refractivity contribution in [2.75, 3.05) is 5.32 Å². The Kier molecular flexibility index (Phi) is 6.14. The van der Waals surface area contributed by atoms with Crippen LogP contribution >= 0.6 is 0 Å². The number of carbonyl (C=O) groups excluding carboxylic acids is 1. The van der Waals surface area contributed by atoms with Gasteiger partial charge in [0.05, 0.1) is 4.90 Å². The Labute approximate surface area is 133 Å². The molecule has 0 saturated carbocycles. The van der Waals surface area contributed by atoms with Gasteiger partial charge in [0.15, 0.2) is 0 Å². The number of primary sulfonamides is 1. The van der Waals surface area contributed by atoms with Crippen molar-refractivity contribution in [2.24, 2.45) is 16.5 Å². The van der Waals surface area contributed by atoms with Crippen molar-refractivity contribution in [3.63, 3.8) is 0 Å². The summed E-state index contributed by atoms with van der Waals surface area (Å²) in [6, 6.07) is 5.91. The summed E-state index contributed by atoms with van der Waals surface area (Å²) < 4.78 is 22.5. The van der Waals surface area contributed by atoms with Crippen LogP contribution in [0.5, 0.6) is 0 Å². The Balaban J connectivity index is 2.95. The number of nitrogens with one attached hydrogen (secondary N) is 1. The number of nitrogens with two attached hydrogens (primary N) is 1. The van der Waals surface area contributed by atoms with E-state index >= 15 is 0 Å². The largest absolute Gasteiger partial charge is 0.326 e. The highest BCUT2D eigenvalue weighted by Gasteiger charge is 2.35. The molecule has 22 heavy (non-hydrogen) atoms. The maximum Gasteiger partial charge on any atom is 0.238 e. The summed E-state index contributed by atoms with van der Waals surface area (Å²) in [5.74, 6) is 0.407. The molecule has 0 saturated heterocycles. The Morgan fingerprint density at radius 2 is 1.68 bits per heavy atom. The molecule has 0 radical (unpaired) electrons. The van der Waals surface area contributed by atoms with Gasteiger partial charge in [-0.15, -0.1) is 0 Å². The minimum Gasteiger partial charge on any atom is -0.326 e. The molecule has 3 N–H and O–H groups in total. The fourth-order valence-electron chi connectivity index (χ4n) is 2.73. The quantitative estimate of drug-likeness (QED) is 0.806. The van der Waals surface area contributed by atoms with E-state index in [1.807, 2.05) is 13.8 Å². The van der Waals surface area contributed by atoms with E-state index in [0.29, 0.717) is 11.6 Å². The Hall–Kier alpha value is -1.40. The molecule has 0 atom stereocenters. The zero-order valence-corrected chi connectivity index (χ0v) is 14.5. The average molecular weight is 326 g/mol. The van der Waals surface area contributed by atoms with E-state index in [-0.39, 0.29) is 10.8 Å². The maximum atomic E-state index is 12.7. The second-order valence-electron chi connectivity index (χ2n) is 6.11. The lowest BCUT2D eigenvalue weighted by Gasteiger charge is -2.32. The maximum absolute atomic E-state index is 12.7. The Morgan fingerprint density at radius 1 is 1.18 bits per heavy atom. The van der Waals surface area contributed by atoms with Crippen LogP contribution in [0.25, 0.3) is 0 Å². The smallest absolute Gasteiger partial charge is 0.238 e. The van der Waals surface area contributed by atoms with Gasteiger partial charge in [0.25, 0.3) is 0 Å². The van der Waals surface area contributed by atoms with Gasteiger partial charge in [-0.3, -0.25) is 4.79 Å². The Bertz CT molecular complexity index is 603. The molecule has 0 aliphatic rings. The molecule has 6 heteroatoms. The van der Waals surface area contributed by atoms with Gasteiger partial charge in [0.1, 0.15) is 0 Å². The number of anilines is 1. The van der Waals surface area contributed by atoms with Crippen molar-refractivity contribution in [3.05, 3.63) is 24.3 Å². The van der Waals surface area contributed by atoms with Gasteiger partial charge in [-0.25, -0.2) is 13.6 Å². The number of carbonyl (C=O) groups is 1. The van der Waals surface area contributed by atoms with Crippen molar-refractivity contribution in [1.29, 1.82) is 0 Å². The van der Waals surface area contributed by atoms with E-state index in [9.17, 15) is 13.2 Å². The summed E-state index contributed by atoms with van der Waals surface area (Å²) in [4.78, 5) is 12.7. The van der Waals surface area contributed by atoms with Crippen LogP contribution in [0.4, 0.5) is 5.69 Å². The van der Waals surface area contributed by atoms with Crippen molar-refractivity contribution < 1.29 is 13.2 Å². The van der Waals surface area contributed by atoms with Gasteiger partial charge in [-0.05, 0) is 49.4 Å². The van der Waals surface area contributed by atoms with Crippen LogP contribution < -0.4 is 10.5 Å². The zero-order valence-electron chi connectivity index (χ0n) is 13.7. The highest BCUT2D eigenvalue weighted by atomic mass is 32.2. The van der Waals surface area contributed by atoms with Gasteiger partial charge >= 0.3 is 0 Å². The third-order valence-electron chi connectivity index (χ3n) is 4.07. The van der Waals surface area contributed by atoms with E-state index in [1.54, 1.807) is 12.1 Å². The van der Waals surface area contributed by atoms with Crippen LogP contribution in [0, 0.1) is 11.3 Å². The van der Waals surface area contributed by atoms with E-state index in [0.717, 1.165) is 19.3 Å². The predicted octanol–water partition coefficient (Wildman–Crippen LogP) is 3.13. The standard InChI is InChI=1S/C16H26N2O3S/c1-5-16(6-2,11-12(3)4)15(19)18-13-7-9-14(10-8-13)22(17,20)21/h7-10,12H,5-6,11H2,1-4H3,(H,18,19)(H2,17,20,21). The number of hydrogen-bond donors (Lipinski definition) is 2. The fourth-order valence-corrected chi connectivity index (χ4v) is 3.24. The van der Waals surface area contributed by atoms with Crippen LogP contribution in [0.3, 0.4) is 0 Å². The summed E-state index contributed by atoms with van der Waals surface area (Å²) in [5.41, 5.74) is 0.180. The minimum atomic E-state index is -3.71. The lowest BCUT2D eigenvalue weighted by molar-refractivity contribution is -0.127. The average Bonchev–Trinajstić information content (AvgIpc) is 2.44. The topological polar surface area (TPSA) is 89.3 Å². The van der Waals surface area contributed by atoms with Crippen LogP contribution in [-0.2, 0) is 14.8 Å². The molecule has 1 rings (SSSR count). The number of sulfonamides is 1. The summed E-state index contributed by atoms with van der Waals surface area (Å²) in [6.45, 7) is 8.26. The van der Waals surface area contributed by atoms with Crippen LogP contribution in [-0.4, -0.2) is 14.3 Å². The van der Waals surface area contributed by atoms with Gasteiger partial charge in [-0.1, -0.05) is 27.7 Å². The normalized spacial score (nSPS) is 12.5. The molecule has 0 aliphatic heterocycles. The number of hydrogen-bond acceptors (Lipinski definition) is 3. The number of amides is 1. The predicted molar refractivity (Wildman–Crippen MR) is 88.9 cm³/mol. The third kappa shape index (κ3) is 4.55. The van der Waals surface area contributed by atoms with Crippen molar-refractivity contribution >= 4 is 21.6 Å². The highest BCUT2D eigenvalue weighted by Crippen LogP contribution is 2.35. The molecule has 1 aromatic carbocycles. The molecule has 0 heterocycles. The molecule has 0 aromatic heterocycles. The van der Waals surface area contributed by atoms with E-state index in [1.165, 1.54) is 12.1 Å². The molecular weight excluding hydrogens is 300 g/mol. The first-order chi connectivity index (χ1) is 10.1.